The number of carbonyl (C=O) groups is 1. The Morgan fingerprint density at radius 3 is 2.78 bits per heavy atom. The Hall–Kier alpha value is -1.02. The molecule has 5 nitrogen and oxygen atoms in total. The molecule has 1 fully saturated rings. The largest absolute Gasteiger partial charge is 0.317 e. The molecule has 1 saturated heterocycles. The van der Waals surface area contributed by atoms with Crippen molar-refractivity contribution in [2.24, 2.45) is 0 Å². The first kappa shape index (κ1) is 18.3. The predicted octanol–water partition coefficient (Wildman–Crippen LogP) is 3.86. The number of hydrogen-bond donors (Lipinski definition) is 2. The highest BCUT2D eigenvalue weighted by molar-refractivity contribution is 7.15. The van der Waals surface area contributed by atoms with E-state index in [4.69, 9.17) is 0 Å². The summed E-state index contributed by atoms with van der Waals surface area (Å²) in [6.07, 6.45) is 4.18. The van der Waals surface area contributed by atoms with Gasteiger partial charge in [0, 0.05) is 22.4 Å². The summed E-state index contributed by atoms with van der Waals surface area (Å²) >= 11 is 3.11. The number of aromatic nitrogens is 2. The second kappa shape index (κ2) is 8.19. The molecule has 0 aliphatic carbocycles. The number of rotatable bonds is 4. The van der Waals surface area contributed by atoms with Gasteiger partial charge in [-0.05, 0) is 31.8 Å². The third-order valence-electron chi connectivity index (χ3n) is 3.73. The highest BCUT2D eigenvalue weighted by Gasteiger charge is 2.19. The van der Waals surface area contributed by atoms with Crippen LogP contribution in [-0.2, 0) is 0 Å². The lowest BCUT2D eigenvalue weighted by molar-refractivity contribution is 0.102. The summed E-state index contributed by atoms with van der Waals surface area (Å²) in [5.41, 5.74) is 0.479. The average molecular weight is 373 g/mol. The monoisotopic (exact) mass is 372 g/mol. The smallest absolute Gasteiger partial charge is 0.276 e. The van der Waals surface area contributed by atoms with Crippen LogP contribution in [0.1, 0.15) is 58.9 Å². The van der Waals surface area contributed by atoms with Crippen LogP contribution in [0, 0.1) is 0 Å². The quantitative estimate of drug-likeness (QED) is 0.855. The minimum Gasteiger partial charge on any atom is -0.317 e. The number of carbonyl (C=O) groups excluding carboxylic acids is 1. The van der Waals surface area contributed by atoms with Crippen LogP contribution in [0.15, 0.2) is 11.6 Å². The first-order valence-corrected chi connectivity index (χ1v) is 9.26. The van der Waals surface area contributed by atoms with Gasteiger partial charge in [0.15, 0.2) is 5.13 Å². The lowest BCUT2D eigenvalue weighted by Gasteiger charge is -2.20. The summed E-state index contributed by atoms with van der Waals surface area (Å²) < 4.78 is 0. The fourth-order valence-electron chi connectivity index (χ4n) is 2.46. The number of amides is 1. The molecule has 0 radical (unpaired) electrons. The maximum Gasteiger partial charge on any atom is 0.276 e. The van der Waals surface area contributed by atoms with E-state index in [1.807, 2.05) is 11.6 Å². The van der Waals surface area contributed by atoms with Crippen LogP contribution in [0.3, 0.4) is 0 Å². The second-order valence-electron chi connectivity index (χ2n) is 5.77. The van der Waals surface area contributed by atoms with Crippen LogP contribution in [-0.4, -0.2) is 29.0 Å². The van der Waals surface area contributed by atoms with E-state index in [-0.39, 0.29) is 18.3 Å². The Kier molecular flexibility index (Phi) is 6.52. The van der Waals surface area contributed by atoms with Crippen molar-refractivity contribution >= 4 is 46.1 Å². The predicted molar refractivity (Wildman–Crippen MR) is 98.4 cm³/mol. The van der Waals surface area contributed by atoms with E-state index in [2.05, 4.69) is 34.4 Å². The number of halogens is 1. The van der Waals surface area contributed by atoms with E-state index in [0.29, 0.717) is 22.7 Å². The first-order valence-electron chi connectivity index (χ1n) is 7.56. The molecule has 2 aromatic heterocycles. The molecule has 2 aromatic rings. The van der Waals surface area contributed by atoms with Gasteiger partial charge >= 0.3 is 0 Å². The summed E-state index contributed by atoms with van der Waals surface area (Å²) in [5.74, 6) is 0.739. The van der Waals surface area contributed by atoms with Gasteiger partial charge in [-0.2, -0.15) is 0 Å². The molecule has 23 heavy (non-hydrogen) atoms. The normalized spacial score (nSPS) is 15.4. The van der Waals surface area contributed by atoms with Crippen LogP contribution in [0.25, 0.3) is 0 Å². The summed E-state index contributed by atoms with van der Waals surface area (Å²) in [6.45, 7) is 6.27. The van der Waals surface area contributed by atoms with Crippen molar-refractivity contribution in [3.8, 4) is 0 Å². The van der Waals surface area contributed by atoms with Crippen molar-refractivity contribution in [1.29, 1.82) is 0 Å². The molecule has 0 bridgehead atoms. The van der Waals surface area contributed by atoms with Crippen molar-refractivity contribution in [2.45, 2.75) is 38.5 Å². The molecular formula is C15H21ClN4OS2. The third-order valence-corrected chi connectivity index (χ3v) is 5.95. The number of hydrogen-bond acceptors (Lipinski definition) is 6. The Bertz CT molecular complexity index is 649. The zero-order valence-corrected chi connectivity index (χ0v) is 15.6. The molecule has 3 heterocycles. The fraction of sp³-hybridized carbons (Fsp3) is 0.533. The fourth-order valence-corrected chi connectivity index (χ4v) is 4.25. The van der Waals surface area contributed by atoms with E-state index >= 15 is 0 Å². The highest BCUT2D eigenvalue weighted by atomic mass is 35.5. The van der Waals surface area contributed by atoms with Crippen LogP contribution in [0.4, 0.5) is 5.13 Å². The van der Waals surface area contributed by atoms with E-state index < -0.39 is 0 Å². The molecule has 1 aliphatic rings. The SMILES string of the molecule is CC(C)c1nc(C(=O)Nc2ncc(C3CCNCC3)s2)cs1.Cl. The van der Waals surface area contributed by atoms with E-state index in [0.717, 1.165) is 30.9 Å². The summed E-state index contributed by atoms with van der Waals surface area (Å²) in [6, 6.07) is 0. The molecular weight excluding hydrogens is 352 g/mol. The Balaban J connectivity index is 0.00000192. The van der Waals surface area contributed by atoms with Crippen LogP contribution >= 0.6 is 35.1 Å². The van der Waals surface area contributed by atoms with Crippen molar-refractivity contribution in [3.05, 3.63) is 27.2 Å². The Morgan fingerprint density at radius 2 is 2.13 bits per heavy atom. The average Bonchev–Trinajstić information content (AvgIpc) is 3.17. The molecule has 3 rings (SSSR count). The molecule has 1 aliphatic heterocycles. The summed E-state index contributed by atoms with van der Waals surface area (Å²) in [5, 5.41) is 9.69. The van der Waals surface area contributed by atoms with Gasteiger partial charge in [0.05, 0.1) is 5.01 Å². The number of anilines is 1. The van der Waals surface area contributed by atoms with E-state index in [9.17, 15) is 4.79 Å². The maximum absolute atomic E-state index is 12.2. The van der Waals surface area contributed by atoms with Gasteiger partial charge in [0.2, 0.25) is 0 Å². The molecule has 1 amide bonds. The van der Waals surface area contributed by atoms with Gasteiger partial charge in [-0.3, -0.25) is 10.1 Å². The molecule has 126 valence electrons. The van der Waals surface area contributed by atoms with Crippen molar-refractivity contribution in [1.82, 2.24) is 15.3 Å². The van der Waals surface area contributed by atoms with Crippen molar-refractivity contribution < 1.29 is 4.79 Å². The van der Waals surface area contributed by atoms with Crippen LogP contribution < -0.4 is 10.6 Å². The number of nitrogens with one attached hydrogen (secondary N) is 2. The molecule has 0 spiro atoms. The van der Waals surface area contributed by atoms with Crippen molar-refractivity contribution in [3.63, 3.8) is 0 Å². The summed E-state index contributed by atoms with van der Waals surface area (Å²) in [7, 11) is 0. The van der Waals surface area contributed by atoms with Crippen LogP contribution in [0.2, 0.25) is 0 Å². The van der Waals surface area contributed by atoms with E-state index in [1.54, 1.807) is 11.3 Å². The standard InChI is InChI=1S/C15H20N4OS2.ClH/c1-9(2)14-18-11(8-21-14)13(20)19-15-17-7-12(22-15)10-3-5-16-6-4-10;/h7-10,16H,3-6H2,1-2H3,(H,17,19,20);1H. The first-order chi connectivity index (χ1) is 10.6. The lowest BCUT2D eigenvalue weighted by Crippen LogP contribution is -2.26. The number of thiazole rings is 2. The zero-order valence-electron chi connectivity index (χ0n) is 13.2. The number of nitrogens with zero attached hydrogens (tertiary/aromatic N) is 2. The van der Waals surface area contributed by atoms with E-state index in [1.165, 1.54) is 16.2 Å². The molecule has 2 N–H and O–H groups in total. The minimum atomic E-state index is -0.172. The molecule has 0 atom stereocenters. The topological polar surface area (TPSA) is 66.9 Å². The van der Waals surface area contributed by atoms with Crippen LogP contribution in [0.5, 0.6) is 0 Å². The highest BCUT2D eigenvalue weighted by Crippen LogP contribution is 2.31. The molecule has 0 aromatic carbocycles. The van der Waals surface area contributed by atoms with Crippen molar-refractivity contribution in [2.75, 3.05) is 18.4 Å². The zero-order chi connectivity index (χ0) is 15.5. The second-order valence-corrected chi connectivity index (χ2v) is 7.72. The summed E-state index contributed by atoms with van der Waals surface area (Å²) in [4.78, 5) is 22.2. The Labute approximate surface area is 150 Å². The molecule has 0 saturated carbocycles. The van der Waals surface area contributed by atoms with Gasteiger partial charge in [-0.15, -0.1) is 35.1 Å². The van der Waals surface area contributed by atoms with Gasteiger partial charge in [-0.1, -0.05) is 13.8 Å². The number of piperidine rings is 1. The maximum atomic E-state index is 12.2. The lowest BCUT2D eigenvalue weighted by atomic mass is 9.97. The minimum absolute atomic E-state index is 0. The van der Waals surface area contributed by atoms with Gasteiger partial charge in [-0.25, -0.2) is 9.97 Å². The van der Waals surface area contributed by atoms with Gasteiger partial charge in [0.25, 0.3) is 5.91 Å². The Morgan fingerprint density at radius 1 is 1.39 bits per heavy atom. The third kappa shape index (κ3) is 4.50. The molecule has 8 heteroatoms. The molecule has 0 unspecified atom stereocenters. The van der Waals surface area contributed by atoms with Gasteiger partial charge in [0.1, 0.15) is 5.69 Å². The van der Waals surface area contributed by atoms with Gasteiger partial charge < -0.3 is 5.32 Å².